The summed E-state index contributed by atoms with van der Waals surface area (Å²) in [5, 5.41) is 0.670. The van der Waals surface area contributed by atoms with Crippen LogP contribution < -0.4 is 4.90 Å². The van der Waals surface area contributed by atoms with Gasteiger partial charge in [0.05, 0.1) is 11.1 Å². The monoisotopic (exact) mass is 567 g/mol. The Labute approximate surface area is 239 Å². The molecule has 1 aliphatic carbocycles. The first-order valence-corrected chi connectivity index (χ1v) is 13.6. The first-order chi connectivity index (χ1) is 19.3. The summed E-state index contributed by atoms with van der Waals surface area (Å²) in [6.07, 6.45) is 3.48. The molecular weight excluding hydrogens is 548 g/mol. The minimum Gasteiger partial charge on any atom is -0.352 e. The Hall–Kier alpha value is -4.06. The fraction of sp³-hybridized carbons (Fsp3) is 0.121. The molecule has 7 rings (SSSR count). The van der Waals surface area contributed by atoms with Gasteiger partial charge in [-0.3, -0.25) is 14.4 Å². The number of ketones is 3. The van der Waals surface area contributed by atoms with Crippen LogP contribution in [-0.4, -0.2) is 29.4 Å². The minimum absolute atomic E-state index is 0.258. The summed E-state index contributed by atoms with van der Waals surface area (Å²) in [5.41, 5.74) is 0.931. The summed E-state index contributed by atoms with van der Waals surface area (Å²) >= 11 is 13.0. The van der Waals surface area contributed by atoms with E-state index >= 15 is 0 Å². The van der Waals surface area contributed by atoms with Crippen LogP contribution in [-0.2, 0) is 0 Å². The number of hydrogen-bond donors (Lipinski definition) is 0. The van der Waals surface area contributed by atoms with E-state index in [9.17, 15) is 18.8 Å². The number of fused-ring (bicyclic) bond motifs is 5. The second-order valence-electron chi connectivity index (χ2n) is 10.3. The quantitative estimate of drug-likeness (QED) is 0.190. The maximum atomic E-state index is 14.6. The first kappa shape index (κ1) is 24.9. The maximum Gasteiger partial charge on any atom is 0.187 e. The lowest BCUT2D eigenvalue weighted by Crippen LogP contribution is -2.48. The highest BCUT2D eigenvalue weighted by molar-refractivity contribution is 6.35. The van der Waals surface area contributed by atoms with E-state index in [1.807, 2.05) is 4.90 Å². The van der Waals surface area contributed by atoms with E-state index in [1.54, 1.807) is 91.0 Å². The van der Waals surface area contributed by atoms with Gasteiger partial charge in [-0.15, -0.1) is 0 Å². The lowest BCUT2D eigenvalue weighted by atomic mass is 9.64. The number of carbonyl (C=O) groups is 3. The van der Waals surface area contributed by atoms with Gasteiger partial charge in [0.25, 0.3) is 0 Å². The number of Topliss-reactive ketones (excluding diaryl/α,β-unsaturated/α-hetero) is 3. The van der Waals surface area contributed by atoms with E-state index < -0.39 is 29.2 Å². The Morgan fingerprint density at radius 1 is 0.825 bits per heavy atom. The van der Waals surface area contributed by atoms with Crippen LogP contribution >= 0.6 is 23.2 Å². The molecule has 1 fully saturated rings. The zero-order valence-corrected chi connectivity index (χ0v) is 22.4. The van der Waals surface area contributed by atoms with Crippen LogP contribution in [0.25, 0.3) is 6.08 Å². The Kier molecular flexibility index (Phi) is 5.60. The minimum atomic E-state index is -1.67. The lowest BCUT2D eigenvalue weighted by molar-refractivity contribution is 0.0666. The molecule has 2 aliphatic heterocycles. The van der Waals surface area contributed by atoms with Crippen LogP contribution in [0.15, 0.2) is 97.1 Å². The Balaban J connectivity index is 1.57. The van der Waals surface area contributed by atoms with Crippen LogP contribution in [0.5, 0.6) is 0 Å². The van der Waals surface area contributed by atoms with Crippen LogP contribution in [0.3, 0.4) is 0 Å². The van der Waals surface area contributed by atoms with Crippen LogP contribution in [0.1, 0.15) is 48.1 Å². The van der Waals surface area contributed by atoms with Crippen molar-refractivity contribution in [3.8, 4) is 0 Å². The number of nitrogens with zero attached hydrogens (tertiary/aromatic N) is 1. The maximum absolute atomic E-state index is 14.6. The second kappa shape index (κ2) is 8.98. The van der Waals surface area contributed by atoms with Crippen molar-refractivity contribution >= 4 is 52.3 Å². The predicted molar refractivity (Wildman–Crippen MR) is 153 cm³/mol. The van der Waals surface area contributed by atoms with Crippen molar-refractivity contribution < 1.29 is 18.8 Å². The molecule has 0 radical (unpaired) electrons. The van der Waals surface area contributed by atoms with Gasteiger partial charge in [0.1, 0.15) is 17.3 Å². The van der Waals surface area contributed by atoms with E-state index in [0.29, 0.717) is 33.0 Å². The molecule has 3 atom stereocenters. The van der Waals surface area contributed by atoms with Crippen molar-refractivity contribution in [2.24, 2.45) is 5.41 Å². The molecular formula is C33H20Cl2FNO3. The Bertz CT molecular complexity index is 1760. The van der Waals surface area contributed by atoms with Crippen LogP contribution in [0.4, 0.5) is 10.1 Å². The molecule has 0 bridgehead atoms. The van der Waals surface area contributed by atoms with Gasteiger partial charge in [-0.1, -0.05) is 83.9 Å². The van der Waals surface area contributed by atoms with Gasteiger partial charge in [0.15, 0.2) is 17.3 Å². The Morgan fingerprint density at radius 3 is 2.23 bits per heavy atom. The van der Waals surface area contributed by atoms with Gasteiger partial charge in [-0.2, -0.15) is 0 Å². The Morgan fingerprint density at radius 2 is 1.52 bits per heavy atom. The molecule has 2 heterocycles. The van der Waals surface area contributed by atoms with Gasteiger partial charge in [0.2, 0.25) is 0 Å². The molecule has 3 aliphatic rings. The molecule has 4 aromatic rings. The van der Waals surface area contributed by atoms with Gasteiger partial charge >= 0.3 is 0 Å². The molecule has 0 unspecified atom stereocenters. The van der Waals surface area contributed by atoms with Crippen molar-refractivity contribution in [2.75, 3.05) is 4.90 Å². The molecule has 1 saturated heterocycles. The molecule has 0 aromatic heterocycles. The van der Waals surface area contributed by atoms with Crippen molar-refractivity contribution in [1.29, 1.82) is 0 Å². The van der Waals surface area contributed by atoms with E-state index in [1.165, 1.54) is 12.1 Å². The molecule has 0 amide bonds. The summed E-state index contributed by atoms with van der Waals surface area (Å²) in [6.45, 7) is 0. The standard InChI is InChI=1S/C33H20Cl2FNO3/c34-20-7-5-6-19(16-20)28-29(30(38)24-10-3-4-11-25(24)35)37-26-14-13-21(36)17-18(26)12-15-27(37)33(28)31(39)22-8-1-2-9-23(22)32(33)40/h1-17,27-29H/t27-,28-,29-/m0/s1. The molecule has 7 heteroatoms. The highest BCUT2D eigenvalue weighted by Gasteiger charge is 2.71. The van der Waals surface area contributed by atoms with E-state index in [-0.39, 0.29) is 27.9 Å². The number of halogens is 3. The highest BCUT2D eigenvalue weighted by atomic mass is 35.5. The summed E-state index contributed by atoms with van der Waals surface area (Å²) < 4.78 is 14.3. The number of rotatable bonds is 3. The third-order valence-electron chi connectivity index (χ3n) is 8.38. The van der Waals surface area contributed by atoms with Crippen molar-refractivity contribution in [3.63, 3.8) is 0 Å². The number of benzene rings is 4. The fourth-order valence-corrected chi connectivity index (χ4v) is 7.27. The predicted octanol–water partition coefficient (Wildman–Crippen LogP) is 7.45. The van der Waals surface area contributed by atoms with Crippen molar-refractivity contribution in [1.82, 2.24) is 0 Å². The summed E-state index contributed by atoms with van der Waals surface area (Å²) in [5.74, 6) is -2.40. The normalized spacial score (nSPS) is 21.9. The van der Waals surface area contributed by atoms with Crippen molar-refractivity contribution in [2.45, 2.75) is 18.0 Å². The van der Waals surface area contributed by atoms with E-state index in [4.69, 9.17) is 23.2 Å². The number of hydrogen-bond acceptors (Lipinski definition) is 4. The fourth-order valence-electron chi connectivity index (χ4n) is 6.84. The molecule has 4 aromatic carbocycles. The third kappa shape index (κ3) is 3.28. The van der Waals surface area contributed by atoms with E-state index in [0.717, 1.165) is 0 Å². The zero-order chi connectivity index (χ0) is 27.8. The zero-order valence-electron chi connectivity index (χ0n) is 20.9. The molecule has 196 valence electrons. The largest absolute Gasteiger partial charge is 0.352 e. The highest BCUT2D eigenvalue weighted by Crippen LogP contribution is 2.61. The SMILES string of the molecule is O=C(c1ccccc1Cl)[C@@H]1[C@H](c2cccc(Cl)c2)C2(C(=O)c3ccccc3C2=O)[C@@H]2C=Cc3cc(F)ccc3N12. The molecule has 0 saturated carbocycles. The summed E-state index contributed by atoms with van der Waals surface area (Å²) in [7, 11) is 0. The van der Waals surface area contributed by atoms with Gasteiger partial charge < -0.3 is 4.90 Å². The molecule has 0 N–H and O–H groups in total. The van der Waals surface area contributed by atoms with Crippen LogP contribution in [0, 0.1) is 11.2 Å². The topological polar surface area (TPSA) is 54.5 Å². The smallest absolute Gasteiger partial charge is 0.187 e. The molecule has 4 nitrogen and oxygen atoms in total. The average Bonchev–Trinajstić information content (AvgIpc) is 3.39. The molecule has 40 heavy (non-hydrogen) atoms. The van der Waals surface area contributed by atoms with Crippen LogP contribution in [0.2, 0.25) is 10.0 Å². The third-order valence-corrected chi connectivity index (χ3v) is 8.95. The van der Waals surface area contributed by atoms with Gasteiger partial charge in [0, 0.05) is 38.9 Å². The summed E-state index contributed by atoms with van der Waals surface area (Å²) in [6, 6.07) is 22.9. The van der Waals surface area contributed by atoms with Crippen molar-refractivity contribution in [3.05, 3.63) is 141 Å². The second-order valence-corrected chi connectivity index (χ2v) is 11.2. The van der Waals surface area contributed by atoms with Gasteiger partial charge in [-0.25, -0.2) is 4.39 Å². The number of anilines is 1. The van der Waals surface area contributed by atoms with Gasteiger partial charge in [-0.05, 0) is 48.0 Å². The summed E-state index contributed by atoms with van der Waals surface area (Å²) in [4.78, 5) is 45.6. The first-order valence-electron chi connectivity index (χ1n) is 12.8. The average molecular weight is 568 g/mol. The molecule has 1 spiro atoms. The number of carbonyl (C=O) groups excluding carboxylic acids is 3. The lowest BCUT2D eigenvalue weighted by Gasteiger charge is -2.37. The van der Waals surface area contributed by atoms with E-state index in [2.05, 4.69) is 0 Å².